The van der Waals surface area contributed by atoms with Gasteiger partial charge >= 0.3 is 0 Å². The number of hydrogen-bond donors (Lipinski definition) is 0. The molecule has 0 aliphatic carbocycles. The van der Waals surface area contributed by atoms with Crippen molar-refractivity contribution in [1.29, 1.82) is 0 Å². The first-order valence-electron chi connectivity index (χ1n) is 7.49. The van der Waals surface area contributed by atoms with Gasteiger partial charge in [-0.1, -0.05) is 19.4 Å². The summed E-state index contributed by atoms with van der Waals surface area (Å²) in [5, 5.41) is 0. The van der Waals surface area contributed by atoms with E-state index < -0.39 is 0 Å². The van der Waals surface area contributed by atoms with Crippen LogP contribution in [-0.4, -0.2) is 26.9 Å². The van der Waals surface area contributed by atoms with Gasteiger partial charge in [0.1, 0.15) is 5.65 Å². The number of aromatic nitrogens is 2. The van der Waals surface area contributed by atoms with Crippen LogP contribution in [-0.2, 0) is 6.54 Å². The van der Waals surface area contributed by atoms with Gasteiger partial charge in [-0.3, -0.25) is 14.1 Å². The average molecular weight is 271 g/mol. The minimum atomic E-state index is 0.00987. The first kappa shape index (κ1) is 13.3. The van der Waals surface area contributed by atoms with E-state index in [1.807, 2.05) is 18.2 Å². The van der Waals surface area contributed by atoms with Crippen molar-refractivity contribution >= 4 is 5.65 Å². The Kier molecular flexibility index (Phi) is 3.83. The Bertz CT molecular complexity index is 649. The monoisotopic (exact) mass is 271 g/mol. The molecular formula is C16H21N3O. The number of rotatable bonds is 3. The van der Waals surface area contributed by atoms with E-state index >= 15 is 0 Å². The molecule has 0 saturated carbocycles. The molecule has 20 heavy (non-hydrogen) atoms. The molecule has 0 aromatic carbocycles. The lowest BCUT2D eigenvalue weighted by Crippen LogP contribution is -2.39. The first-order chi connectivity index (χ1) is 9.78. The van der Waals surface area contributed by atoms with Gasteiger partial charge < -0.3 is 0 Å². The van der Waals surface area contributed by atoms with Gasteiger partial charge in [0.05, 0.1) is 5.69 Å². The van der Waals surface area contributed by atoms with Gasteiger partial charge in [-0.25, -0.2) is 4.98 Å². The highest BCUT2D eigenvalue weighted by Crippen LogP contribution is 2.21. The van der Waals surface area contributed by atoms with E-state index in [1.54, 1.807) is 16.7 Å². The molecule has 4 heteroatoms. The summed E-state index contributed by atoms with van der Waals surface area (Å²) in [5.41, 5.74) is 1.64. The molecule has 3 heterocycles. The van der Waals surface area contributed by atoms with Crippen LogP contribution in [0.5, 0.6) is 0 Å². The standard InChI is InChI=1S/C16H21N3O/c1-2-14-7-3-5-9-18(14)12-13-11-16(20)19-10-6-4-8-15(19)17-13/h4,6,8,10-11,14H,2-3,5,7,9,12H2,1H3. The lowest BCUT2D eigenvalue weighted by atomic mass is 10.00. The van der Waals surface area contributed by atoms with Crippen LogP contribution < -0.4 is 5.56 Å². The zero-order valence-electron chi connectivity index (χ0n) is 12.0. The van der Waals surface area contributed by atoms with Crippen molar-refractivity contribution in [3.05, 3.63) is 46.5 Å². The van der Waals surface area contributed by atoms with Crippen LogP contribution in [0, 0.1) is 0 Å². The average Bonchev–Trinajstić information content (AvgIpc) is 2.48. The summed E-state index contributed by atoms with van der Waals surface area (Å²) >= 11 is 0. The Morgan fingerprint density at radius 1 is 1.35 bits per heavy atom. The van der Waals surface area contributed by atoms with Crippen LogP contribution >= 0.6 is 0 Å². The molecular weight excluding hydrogens is 250 g/mol. The van der Waals surface area contributed by atoms with Crippen molar-refractivity contribution in [2.45, 2.75) is 45.2 Å². The van der Waals surface area contributed by atoms with Crippen molar-refractivity contribution in [3.63, 3.8) is 0 Å². The predicted molar refractivity (Wildman–Crippen MR) is 79.8 cm³/mol. The first-order valence-corrected chi connectivity index (χ1v) is 7.49. The number of pyridine rings is 1. The van der Waals surface area contributed by atoms with E-state index in [1.165, 1.54) is 25.7 Å². The maximum atomic E-state index is 12.1. The van der Waals surface area contributed by atoms with E-state index in [0.29, 0.717) is 6.04 Å². The summed E-state index contributed by atoms with van der Waals surface area (Å²) in [5.74, 6) is 0. The van der Waals surface area contributed by atoms with Crippen LogP contribution in [0.25, 0.3) is 5.65 Å². The summed E-state index contributed by atoms with van der Waals surface area (Å²) in [6, 6.07) is 7.97. The number of piperidine rings is 1. The van der Waals surface area contributed by atoms with E-state index in [-0.39, 0.29) is 5.56 Å². The van der Waals surface area contributed by atoms with E-state index in [0.717, 1.165) is 24.4 Å². The molecule has 0 spiro atoms. The van der Waals surface area contributed by atoms with Crippen LogP contribution in [0.4, 0.5) is 0 Å². The molecule has 1 unspecified atom stereocenters. The summed E-state index contributed by atoms with van der Waals surface area (Å²) in [6.07, 6.45) is 6.78. The van der Waals surface area contributed by atoms with E-state index in [4.69, 9.17) is 0 Å². The smallest absolute Gasteiger partial charge is 0.258 e. The third kappa shape index (κ3) is 2.61. The van der Waals surface area contributed by atoms with Crippen LogP contribution in [0.1, 0.15) is 38.3 Å². The van der Waals surface area contributed by atoms with Gasteiger partial charge in [-0.15, -0.1) is 0 Å². The Morgan fingerprint density at radius 3 is 3.10 bits per heavy atom. The molecule has 0 N–H and O–H groups in total. The zero-order valence-corrected chi connectivity index (χ0v) is 12.0. The lowest BCUT2D eigenvalue weighted by Gasteiger charge is -2.34. The molecule has 1 atom stereocenters. The summed E-state index contributed by atoms with van der Waals surface area (Å²) in [4.78, 5) is 19.2. The molecule has 1 aliphatic heterocycles. The predicted octanol–water partition coefficient (Wildman–Crippen LogP) is 2.46. The fraction of sp³-hybridized carbons (Fsp3) is 0.500. The maximum absolute atomic E-state index is 12.1. The topological polar surface area (TPSA) is 37.6 Å². The summed E-state index contributed by atoms with van der Waals surface area (Å²) < 4.78 is 1.59. The molecule has 3 rings (SSSR count). The highest BCUT2D eigenvalue weighted by atomic mass is 16.1. The van der Waals surface area contributed by atoms with Crippen molar-refractivity contribution in [1.82, 2.24) is 14.3 Å². The third-order valence-corrected chi connectivity index (χ3v) is 4.21. The molecule has 1 aliphatic rings. The fourth-order valence-corrected chi connectivity index (χ4v) is 3.12. The maximum Gasteiger partial charge on any atom is 0.258 e. The highest BCUT2D eigenvalue weighted by molar-refractivity contribution is 5.37. The molecule has 0 bridgehead atoms. The zero-order chi connectivity index (χ0) is 13.9. The van der Waals surface area contributed by atoms with Gasteiger partial charge in [0, 0.05) is 24.8 Å². The Morgan fingerprint density at radius 2 is 2.25 bits per heavy atom. The molecule has 0 amide bonds. The normalized spacial score (nSPS) is 20.4. The van der Waals surface area contributed by atoms with Crippen molar-refractivity contribution in [2.24, 2.45) is 0 Å². The Hall–Kier alpha value is -1.68. The second-order valence-corrected chi connectivity index (χ2v) is 5.54. The number of hydrogen-bond acceptors (Lipinski definition) is 3. The van der Waals surface area contributed by atoms with Crippen LogP contribution in [0.3, 0.4) is 0 Å². The van der Waals surface area contributed by atoms with Gasteiger partial charge in [0.25, 0.3) is 5.56 Å². The highest BCUT2D eigenvalue weighted by Gasteiger charge is 2.21. The fourth-order valence-electron chi connectivity index (χ4n) is 3.12. The minimum absolute atomic E-state index is 0.00987. The van der Waals surface area contributed by atoms with Crippen LogP contribution in [0.2, 0.25) is 0 Å². The van der Waals surface area contributed by atoms with Gasteiger partial charge in [0.2, 0.25) is 0 Å². The van der Waals surface area contributed by atoms with Crippen molar-refractivity contribution < 1.29 is 0 Å². The van der Waals surface area contributed by atoms with Crippen LogP contribution in [0.15, 0.2) is 35.3 Å². The number of nitrogens with zero attached hydrogens (tertiary/aromatic N) is 3. The second-order valence-electron chi connectivity index (χ2n) is 5.54. The molecule has 2 aromatic heterocycles. The largest absolute Gasteiger partial charge is 0.295 e. The van der Waals surface area contributed by atoms with E-state index in [9.17, 15) is 4.79 Å². The Labute approximate surface area is 119 Å². The van der Waals surface area contributed by atoms with Crippen molar-refractivity contribution in [2.75, 3.05) is 6.54 Å². The Balaban J connectivity index is 1.88. The third-order valence-electron chi connectivity index (χ3n) is 4.21. The molecule has 4 nitrogen and oxygen atoms in total. The summed E-state index contributed by atoms with van der Waals surface area (Å²) in [6.45, 7) is 4.15. The van der Waals surface area contributed by atoms with Gasteiger partial charge in [-0.2, -0.15) is 0 Å². The second kappa shape index (κ2) is 5.75. The number of fused-ring (bicyclic) bond motifs is 1. The van der Waals surface area contributed by atoms with Gasteiger partial charge in [0.15, 0.2) is 0 Å². The molecule has 106 valence electrons. The summed E-state index contributed by atoms with van der Waals surface area (Å²) in [7, 11) is 0. The molecule has 1 saturated heterocycles. The molecule has 0 radical (unpaired) electrons. The van der Waals surface area contributed by atoms with Crippen molar-refractivity contribution in [3.8, 4) is 0 Å². The van der Waals surface area contributed by atoms with Gasteiger partial charge in [-0.05, 0) is 37.9 Å². The SMILES string of the molecule is CCC1CCCCN1Cc1cc(=O)n2ccccc2n1. The minimum Gasteiger partial charge on any atom is -0.295 e. The molecule has 1 fully saturated rings. The number of likely N-dealkylation sites (tertiary alicyclic amines) is 1. The quantitative estimate of drug-likeness (QED) is 0.860. The van der Waals surface area contributed by atoms with E-state index in [2.05, 4.69) is 16.8 Å². The molecule has 2 aromatic rings. The lowest BCUT2D eigenvalue weighted by molar-refractivity contribution is 0.134.